The Balaban J connectivity index is 2.52. The fourth-order valence-corrected chi connectivity index (χ4v) is 7.62. The van der Waals surface area contributed by atoms with Gasteiger partial charge in [-0.15, -0.1) is 0 Å². The molecule has 0 amide bonds. The van der Waals surface area contributed by atoms with E-state index in [1.807, 2.05) is 11.8 Å². The zero-order valence-corrected chi connectivity index (χ0v) is 26.3. The minimum absolute atomic E-state index is 0.0127. The van der Waals surface area contributed by atoms with Gasteiger partial charge in [0.05, 0.1) is 32.6 Å². The summed E-state index contributed by atoms with van der Waals surface area (Å²) in [5.74, 6) is -1.15. The minimum Gasteiger partial charge on any atom is -0.481 e. The van der Waals surface area contributed by atoms with Crippen molar-refractivity contribution in [3.05, 3.63) is 0 Å². The molecule has 0 aromatic carbocycles. The number of carbonyl (C=O) groups is 5. The molecule has 0 aromatic rings. The van der Waals surface area contributed by atoms with Crippen LogP contribution in [0.25, 0.3) is 0 Å². The number of unbranched alkanes of at least 4 members (excludes halogenated alkanes) is 1. The second kappa shape index (κ2) is 21.9. The predicted octanol–water partition coefficient (Wildman–Crippen LogP) is 2.66. The zero-order chi connectivity index (χ0) is 30.6. The predicted molar refractivity (Wildman–Crippen MR) is 163 cm³/mol. The Morgan fingerprint density at radius 3 is 1.66 bits per heavy atom. The molecule has 0 radical (unpaired) electrons. The number of carboxylic acid groups (broad SMARTS) is 3. The van der Waals surface area contributed by atoms with Crippen LogP contribution in [0.5, 0.6) is 0 Å². The van der Waals surface area contributed by atoms with Crippen LogP contribution in [0.3, 0.4) is 0 Å². The zero-order valence-electron chi connectivity index (χ0n) is 24.6. The van der Waals surface area contributed by atoms with Crippen LogP contribution in [0.1, 0.15) is 65.2 Å². The summed E-state index contributed by atoms with van der Waals surface area (Å²) in [4.78, 5) is 62.8. The van der Waals surface area contributed by atoms with E-state index in [4.69, 9.17) is 10.2 Å². The van der Waals surface area contributed by atoms with Crippen LogP contribution in [-0.4, -0.2) is 140 Å². The number of carbonyl (C=O) groups excluding carboxylic acids is 2. The van der Waals surface area contributed by atoms with Crippen LogP contribution in [0, 0.1) is 0 Å². The molecule has 2 unspecified atom stereocenters. The summed E-state index contributed by atoms with van der Waals surface area (Å²) in [6, 6.07) is 0. The first-order valence-corrected chi connectivity index (χ1v) is 16.6. The third-order valence-electron chi connectivity index (χ3n) is 6.81. The van der Waals surface area contributed by atoms with Gasteiger partial charge in [-0.05, 0) is 50.5 Å². The van der Waals surface area contributed by atoms with Gasteiger partial charge < -0.3 is 20.2 Å². The van der Waals surface area contributed by atoms with E-state index in [1.165, 1.54) is 49.7 Å². The minimum atomic E-state index is -1.07. The average Bonchev–Trinajstić information content (AvgIpc) is 3.32. The first kappa shape index (κ1) is 37.4. The van der Waals surface area contributed by atoms with Gasteiger partial charge in [0, 0.05) is 49.6 Å². The van der Waals surface area contributed by atoms with E-state index >= 15 is 0 Å². The van der Waals surface area contributed by atoms with Crippen molar-refractivity contribution in [3.63, 3.8) is 0 Å². The van der Waals surface area contributed by atoms with Crippen molar-refractivity contribution in [3.8, 4) is 0 Å². The number of hydrogen-bond donors (Lipinski definition) is 3. The molecule has 1 aliphatic carbocycles. The topological polar surface area (TPSA) is 156 Å². The summed E-state index contributed by atoms with van der Waals surface area (Å²) in [6.07, 6.45) is 7.25. The first-order valence-electron chi connectivity index (χ1n) is 14.5. The Labute approximate surface area is 252 Å². The lowest BCUT2D eigenvalue weighted by atomic mass is 10.2. The molecule has 13 heteroatoms. The van der Waals surface area contributed by atoms with Crippen molar-refractivity contribution in [1.82, 2.24) is 14.7 Å². The molecule has 1 saturated carbocycles. The number of nitrogens with zero attached hydrogens (tertiary/aromatic N) is 3. The lowest BCUT2D eigenvalue weighted by Gasteiger charge is -2.28. The standard InChI is InChI=1S/C28H49N3O8S2/c1-3-4-15-40-24-7-8-25(17-24)41-16-5-6-23(33)19-31(21-28(38)39)14-12-29(10-9-26(34)35)11-13-30(18-22(2)32)20-27(36)37/h24-25H,3-21H2,1-2H3,(H,34,35)(H,36,37)(H,38,39). The SMILES string of the molecule is CCCCSC1CCC(SCCCC(=O)CN(CCN(CCC(=O)O)CCN(CC(C)=O)CC(=O)O)CC(=O)O)C1. The Morgan fingerprint density at radius 1 is 0.659 bits per heavy atom. The number of rotatable bonds is 26. The maximum atomic E-state index is 12.7. The van der Waals surface area contributed by atoms with E-state index in [0.717, 1.165) is 17.4 Å². The highest BCUT2D eigenvalue weighted by molar-refractivity contribution is 8.00. The highest BCUT2D eigenvalue weighted by atomic mass is 32.2. The number of ketones is 2. The van der Waals surface area contributed by atoms with Gasteiger partial charge >= 0.3 is 17.9 Å². The molecule has 0 bridgehead atoms. The van der Waals surface area contributed by atoms with Crippen LogP contribution >= 0.6 is 23.5 Å². The molecule has 1 fully saturated rings. The van der Waals surface area contributed by atoms with Crippen molar-refractivity contribution < 1.29 is 39.3 Å². The van der Waals surface area contributed by atoms with Crippen molar-refractivity contribution >= 4 is 53.0 Å². The summed E-state index contributed by atoms with van der Waals surface area (Å²) < 4.78 is 0. The maximum Gasteiger partial charge on any atom is 0.317 e. The molecular formula is C28H49N3O8S2. The molecule has 11 nitrogen and oxygen atoms in total. The second-order valence-electron chi connectivity index (χ2n) is 10.7. The van der Waals surface area contributed by atoms with Crippen molar-refractivity contribution in [1.29, 1.82) is 0 Å². The molecule has 0 spiro atoms. The molecule has 0 saturated heterocycles. The molecule has 0 heterocycles. The Hall–Kier alpha value is -1.67. The maximum absolute atomic E-state index is 12.7. The van der Waals surface area contributed by atoms with Crippen molar-refractivity contribution in [2.24, 2.45) is 0 Å². The van der Waals surface area contributed by atoms with E-state index in [1.54, 1.807) is 9.80 Å². The number of thioether (sulfide) groups is 2. The van der Waals surface area contributed by atoms with E-state index in [9.17, 15) is 29.1 Å². The van der Waals surface area contributed by atoms with Gasteiger partial charge in [0.2, 0.25) is 0 Å². The molecule has 1 aliphatic rings. The monoisotopic (exact) mass is 619 g/mol. The smallest absolute Gasteiger partial charge is 0.317 e. The van der Waals surface area contributed by atoms with Crippen LogP contribution in [-0.2, 0) is 24.0 Å². The van der Waals surface area contributed by atoms with Gasteiger partial charge in [-0.3, -0.25) is 33.8 Å². The molecule has 2 atom stereocenters. The number of Topliss-reactive ketones (excluding diaryl/α,β-unsaturated/α-hetero) is 2. The third-order valence-corrected chi connectivity index (χ3v) is 9.66. The molecule has 41 heavy (non-hydrogen) atoms. The van der Waals surface area contributed by atoms with E-state index < -0.39 is 17.9 Å². The van der Waals surface area contributed by atoms with Gasteiger partial charge in [-0.2, -0.15) is 23.5 Å². The number of carboxylic acids is 3. The Bertz CT molecular complexity index is 816. The fraction of sp³-hybridized carbons (Fsp3) is 0.821. The fourth-order valence-electron chi connectivity index (χ4n) is 4.73. The van der Waals surface area contributed by atoms with E-state index in [0.29, 0.717) is 24.8 Å². The lowest BCUT2D eigenvalue weighted by molar-refractivity contribution is -0.139. The van der Waals surface area contributed by atoms with Gasteiger partial charge in [-0.1, -0.05) is 13.3 Å². The van der Waals surface area contributed by atoms with Crippen LogP contribution in [0.4, 0.5) is 0 Å². The van der Waals surface area contributed by atoms with Crippen molar-refractivity contribution in [2.45, 2.75) is 75.7 Å². The van der Waals surface area contributed by atoms with Gasteiger partial charge in [0.15, 0.2) is 0 Å². The molecule has 1 rings (SSSR count). The largest absolute Gasteiger partial charge is 0.481 e. The summed E-state index contributed by atoms with van der Waals surface area (Å²) in [5, 5.41) is 29.0. The summed E-state index contributed by atoms with van der Waals surface area (Å²) in [7, 11) is 0. The quantitative estimate of drug-likeness (QED) is 0.122. The molecule has 3 N–H and O–H groups in total. The summed E-state index contributed by atoms with van der Waals surface area (Å²) in [5.41, 5.74) is 0. The number of hydrogen-bond acceptors (Lipinski definition) is 10. The van der Waals surface area contributed by atoms with Crippen LogP contribution in [0.15, 0.2) is 0 Å². The Kier molecular flexibility index (Phi) is 20.0. The third kappa shape index (κ3) is 20.0. The normalized spacial score (nSPS) is 17.0. The molecule has 236 valence electrons. The van der Waals surface area contributed by atoms with Crippen molar-refractivity contribution in [2.75, 3.05) is 70.4 Å². The summed E-state index contributed by atoms with van der Waals surface area (Å²) >= 11 is 4.04. The Morgan fingerprint density at radius 2 is 1.17 bits per heavy atom. The van der Waals surface area contributed by atoms with Crippen LogP contribution in [0.2, 0.25) is 0 Å². The highest BCUT2D eigenvalue weighted by Gasteiger charge is 2.25. The molecule has 0 aromatic heterocycles. The van der Waals surface area contributed by atoms with Gasteiger partial charge in [0.25, 0.3) is 0 Å². The van der Waals surface area contributed by atoms with Gasteiger partial charge in [-0.25, -0.2) is 0 Å². The molecular weight excluding hydrogens is 570 g/mol. The highest BCUT2D eigenvalue weighted by Crippen LogP contribution is 2.37. The average molecular weight is 620 g/mol. The lowest BCUT2D eigenvalue weighted by Crippen LogP contribution is -2.44. The summed E-state index contributed by atoms with van der Waals surface area (Å²) in [6.45, 7) is 4.23. The van der Waals surface area contributed by atoms with E-state index in [2.05, 4.69) is 18.7 Å². The molecule has 0 aliphatic heterocycles. The second-order valence-corrected chi connectivity index (χ2v) is 13.5. The first-order chi connectivity index (χ1) is 19.5. The number of aliphatic carboxylic acids is 3. The van der Waals surface area contributed by atoms with Gasteiger partial charge in [0.1, 0.15) is 11.6 Å². The van der Waals surface area contributed by atoms with E-state index in [-0.39, 0.29) is 63.8 Å². The van der Waals surface area contributed by atoms with Crippen LogP contribution < -0.4 is 0 Å².